The predicted octanol–water partition coefficient (Wildman–Crippen LogP) is 1.23. The van der Waals surface area contributed by atoms with Crippen molar-refractivity contribution < 1.29 is 13.2 Å². The number of carbonyl (C=O) groups excluding carboxylic acids is 1. The average Bonchev–Trinajstić information content (AvgIpc) is 2.87. The third kappa shape index (κ3) is 2.89. The van der Waals surface area contributed by atoms with E-state index in [1.54, 1.807) is 41.3 Å². The first-order valence-corrected chi connectivity index (χ1v) is 8.71. The van der Waals surface area contributed by atoms with Gasteiger partial charge in [0, 0.05) is 6.20 Å². The van der Waals surface area contributed by atoms with Gasteiger partial charge in [-0.1, -0.05) is 18.2 Å². The lowest BCUT2D eigenvalue weighted by atomic mass is 10.0. The number of aromatic nitrogens is 2. The van der Waals surface area contributed by atoms with Gasteiger partial charge in [-0.25, -0.2) is 8.42 Å². The highest BCUT2D eigenvalue weighted by Gasteiger charge is 2.30. The van der Waals surface area contributed by atoms with Crippen molar-refractivity contribution in [2.75, 3.05) is 5.75 Å². The first kappa shape index (κ1) is 14.8. The second-order valence-corrected chi connectivity index (χ2v) is 7.56. The van der Waals surface area contributed by atoms with Crippen LogP contribution in [0.25, 0.3) is 0 Å². The number of hydrogen-bond acceptors (Lipinski definition) is 4. The predicted molar refractivity (Wildman–Crippen MR) is 81.0 cm³/mol. The van der Waals surface area contributed by atoms with Crippen molar-refractivity contribution in [2.24, 2.45) is 0 Å². The Balaban J connectivity index is 1.77. The van der Waals surface area contributed by atoms with E-state index in [0.29, 0.717) is 16.9 Å². The lowest BCUT2D eigenvalue weighted by molar-refractivity contribution is -0.122. The Bertz CT molecular complexity index is 811. The molecule has 1 aromatic carbocycles. The maximum Gasteiger partial charge on any atom is 0.242 e. The largest absolute Gasteiger partial charge is 0.348 e. The van der Waals surface area contributed by atoms with Gasteiger partial charge in [-0.15, -0.1) is 0 Å². The number of aryl methyl sites for hydroxylation is 1. The standard InChI is InChI=1S/C15H17N3O3S/c1-11-8-16-18(9-11)10-15(19)17-13-6-7-22(20,21)14-5-3-2-4-12(13)14/h2-5,8-9,13H,6-7,10H2,1H3,(H,17,19)/t13-/m0/s1. The molecule has 2 aromatic rings. The minimum Gasteiger partial charge on any atom is -0.348 e. The van der Waals surface area contributed by atoms with Gasteiger partial charge >= 0.3 is 0 Å². The molecule has 0 unspecified atom stereocenters. The van der Waals surface area contributed by atoms with E-state index >= 15 is 0 Å². The maximum atomic E-state index is 12.1. The molecule has 0 radical (unpaired) electrons. The van der Waals surface area contributed by atoms with Gasteiger partial charge in [0.15, 0.2) is 9.84 Å². The molecule has 6 nitrogen and oxygen atoms in total. The Morgan fingerprint density at radius 1 is 1.41 bits per heavy atom. The first-order chi connectivity index (χ1) is 10.5. The van der Waals surface area contributed by atoms with Gasteiger partial charge in [0.1, 0.15) is 6.54 Å². The summed E-state index contributed by atoms with van der Waals surface area (Å²) in [7, 11) is -3.24. The van der Waals surface area contributed by atoms with E-state index in [1.165, 1.54) is 0 Å². The molecule has 1 aliphatic heterocycles. The molecule has 1 atom stereocenters. The number of carbonyl (C=O) groups is 1. The van der Waals surface area contributed by atoms with Gasteiger partial charge in [0.05, 0.1) is 22.9 Å². The molecule has 1 aliphatic rings. The van der Waals surface area contributed by atoms with Crippen LogP contribution in [0.3, 0.4) is 0 Å². The summed E-state index contributed by atoms with van der Waals surface area (Å²) < 4.78 is 25.7. The average molecular weight is 319 g/mol. The van der Waals surface area contributed by atoms with Crippen molar-refractivity contribution in [1.29, 1.82) is 0 Å². The Kier molecular flexibility index (Phi) is 3.74. The summed E-state index contributed by atoms with van der Waals surface area (Å²) in [5.74, 6) is -0.127. The van der Waals surface area contributed by atoms with Crippen molar-refractivity contribution in [2.45, 2.75) is 30.8 Å². The van der Waals surface area contributed by atoms with Crippen LogP contribution in [-0.4, -0.2) is 29.9 Å². The highest BCUT2D eigenvalue weighted by molar-refractivity contribution is 7.91. The van der Waals surface area contributed by atoms with Crippen molar-refractivity contribution in [3.05, 3.63) is 47.8 Å². The molecule has 116 valence electrons. The second-order valence-electron chi connectivity index (χ2n) is 5.48. The van der Waals surface area contributed by atoms with Gasteiger partial charge in [0.2, 0.25) is 5.91 Å². The number of hydrogen-bond donors (Lipinski definition) is 1. The summed E-state index contributed by atoms with van der Waals surface area (Å²) >= 11 is 0. The zero-order chi connectivity index (χ0) is 15.7. The molecule has 0 saturated heterocycles. The van der Waals surface area contributed by atoms with Crippen LogP contribution >= 0.6 is 0 Å². The quantitative estimate of drug-likeness (QED) is 0.922. The molecule has 0 aliphatic carbocycles. The van der Waals surface area contributed by atoms with E-state index in [4.69, 9.17) is 0 Å². The van der Waals surface area contributed by atoms with Crippen molar-refractivity contribution in [3.8, 4) is 0 Å². The summed E-state index contributed by atoms with van der Waals surface area (Å²) in [6.07, 6.45) is 3.87. The molecule has 7 heteroatoms. The fourth-order valence-electron chi connectivity index (χ4n) is 2.68. The van der Waals surface area contributed by atoms with Crippen LogP contribution < -0.4 is 5.32 Å². The molecule has 1 amide bonds. The van der Waals surface area contributed by atoms with Crippen LogP contribution in [0.2, 0.25) is 0 Å². The number of fused-ring (bicyclic) bond motifs is 1. The summed E-state index contributed by atoms with van der Waals surface area (Å²) in [5, 5.41) is 6.98. The minimum atomic E-state index is -3.24. The van der Waals surface area contributed by atoms with E-state index in [-0.39, 0.29) is 24.2 Å². The van der Waals surface area contributed by atoms with Gasteiger partial charge in [-0.2, -0.15) is 5.10 Å². The first-order valence-electron chi connectivity index (χ1n) is 7.06. The lowest BCUT2D eigenvalue weighted by Crippen LogP contribution is -2.35. The minimum absolute atomic E-state index is 0.0514. The molecule has 1 N–H and O–H groups in total. The molecule has 0 bridgehead atoms. The van der Waals surface area contributed by atoms with Crippen molar-refractivity contribution in [1.82, 2.24) is 15.1 Å². The smallest absolute Gasteiger partial charge is 0.242 e. The van der Waals surface area contributed by atoms with Crippen molar-refractivity contribution in [3.63, 3.8) is 0 Å². The number of amides is 1. The maximum absolute atomic E-state index is 12.1. The number of nitrogens with one attached hydrogen (secondary N) is 1. The van der Waals surface area contributed by atoms with Gasteiger partial charge in [0.25, 0.3) is 0 Å². The fraction of sp³-hybridized carbons (Fsp3) is 0.333. The normalized spacial score (nSPS) is 19.4. The van der Waals surface area contributed by atoms with E-state index in [2.05, 4.69) is 10.4 Å². The number of sulfone groups is 1. The van der Waals surface area contributed by atoms with Crippen LogP contribution in [0, 0.1) is 6.92 Å². The molecule has 1 aromatic heterocycles. The van der Waals surface area contributed by atoms with Crippen LogP contribution in [0.15, 0.2) is 41.6 Å². The molecule has 0 spiro atoms. The van der Waals surface area contributed by atoms with E-state index < -0.39 is 9.84 Å². The number of benzene rings is 1. The van der Waals surface area contributed by atoms with E-state index in [1.807, 2.05) is 6.92 Å². The Morgan fingerprint density at radius 2 is 2.18 bits per heavy atom. The number of rotatable bonds is 3. The van der Waals surface area contributed by atoms with Crippen molar-refractivity contribution >= 4 is 15.7 Å². The molecule has 0 fully saturated rings. The Labute approximate surface area is 129 Å². The molecule has 2 heterocycles. The third-order valence-corrected chi connectivity index (χ3v) is 5.52. The molecule has 3 rings (SSSR count). The molecular weight excluding hydrogens is 302 g/mol. The number of nitrogens with zero attached hydrogens (tertiary/aromatic N) is 2. The van der Waals surface area contributed by atoms with Gasteiger partial charge in [-0.05, 0) is 30.5 Å². The fourth-order valence-corrected chi connectivity index (χ4v) is 4.30. The Hall–Kier alpha value is -2.15. The zero-order valence-electron chi connectivity index (χ0n) is 12.2. The van der Waals surface area contributed by atoms with E-state index in [0.717, 1.165) is 5.56 Å². The topological polar surface area (TPSA) is 81.1 Å². The third-order valence-electron chi connectivity index (χ3n) is 3.71. The van der Waals surface area contributed by atoms with Gasteiger partial charge in [-0.3, -0.25) is 9.48 Å². The van der Waals surface area contributed by atoms with Crippen LogP contribution in [0.1, 0.15) is 23.6 Å². The summed E-state index contributed by atoms with van der Waals surface area (Å²) in [6, 6.07) is 6.57. The zero-order valence-corrected chi connectivity index (χ0v) is 13.0. The lowest BCUT2D eigenvalue weighted by Gasteiger charge is -2.26. The molecule has 0 saturated carbocycles. The SMILES string of the molecule is Cc1cnn(CC(=O)N[C@H]2CCS(=O)(=O)c3ccccc32)c1. The summed E-state index contributed by atoms with van der Waals surface area (Å²) in [4.78, 5) is 12.5. The molecular formula is C15H17N3O3S. The van der Waals surface area contributed by atoms with Crippen LogP contribution in [0.4, 0.5) is 0 Å². The van der Waals surface area contributed by atoms with Gasteiger partial charge < -0.3 is 5.32 Å². The summed E-state index contributed by atoms with van der Waals surface area (Å²) in [6.45, 7) is 2.03. The van der Waals surface area contributed by atoms with Crippen LogP contribution in [-0.2, 0) is 21.2 Å². The monoisotopic (exact) mass is 319 g/mol. The Morgan fingerprint density at radius 3 is 2.91 bits per heavy atom. The van der Waals surface area contributed by atoms with Crippen LogP contribution in [0.5, 0.6) is 0 Å². The molecule has 22 heavy (non-hydrogen) atoms. The highest BCUT2D eigenvalue weighted by atomic mass is 32.2. The van der Waals surface area contributed by atoms with E-state index in [9.17, 15) is 13.2 Å². The second kappa shape index (κ2) is 5.57. The highest BCUT2D eigenvalue weighted by Crippen LogP contribution is 2.31. The summed E-state index contributed by atoms with van der Waals surface area (Å²) in [5.41, 5.74) is 1.65.